The SMILES string of the molecule is CCSc1ccc(C(C)N)cc1Cl. The molecule has 0 aliphatic heterocycles. The average Bonchev–Trinajstić information content (AvgIpc) is 2.08. The molecule has 1 aromatic carbocycles. The van der Waals surface area contributed by atoms with Crippen LogP contribution in [0.15, 0.2) is 23.1 Å². The third-order valence-electron chi connectivity index (χ3n) is 1.78. The Balaban J connectivity index is 2.92. The van der Waals surface area contributed by atoms with E-state index in [2.05, 4.69) is 6.92 Å². The van der Waals surface area contributed by atoms with Gasteiger partial charge in [0.25, 0.3) is 0 Å². The molecule has 0 bridgehead atoms. The minimum absolute atomic E-state index is 0.0539. The standard InChI is InChI=1S/C10H14ClNS/c1-3-13-10-5-4-8(7(2)12)6-9(10)11/h4-7H,3,12H2,1-2H3. The predicted molar refractivity (Wildman–Crippen MR) is 60.5 cm³/mol. The van der Waals surface area contributed by atoms with Crippen molar-refractivity contribution in [1.29, 1.82) is 0 Å². The number of benzene rings is 1. The molecule has 0 saturated carbocycles. The van der Waals surface area contributed by atoms with E-state index < -0.39 is 0 Å². The lowest BCUT2D eigenvalue weighted by molar-refractivity contribution is 0.817. The van der Waals surface area contributed by atoms with Crippen LogP contribution in [0.4, 0.5) is 0 Å². The molecule has 0 radical (unpaired) electrons. The van der Waals surface area contributed by atoms with Gasteiger partial charge in [0.1, 0.15) is 0 Å². The molecule has 1 nitrogen and oxygen atoms in total. The second-order valence-electron chi connectivity index (χ2n) is 2.91. The lowest BCUT2D eigenvalue weighted by Crippen LogP contribution is -2.04. The molecule has 1 atom stereocenters. The molecule has 0 aliphatic rings. The van der Waals surface area contributed by atoms with Crippen molar-refractivity contribution < 1.29 is 0 Å². The summed E-state index contributed by atoms with van der Waals surface area (Å²) in [7, 11) is 0. The van der Waals surface area contributed by atoms with Gasteiger partial charge in [-0.3, -0.25) is 0 Å². The highest BCUT2D eigenvalue weighted by Crippen LogP contribution is 2.28. The van der Waals surface area contributed by atoms with Crippen LogP contribution in [-0.4, -0.2) is 5.75 Å². The maximum absolute atomic E-state index is 6.08. The van der Waals surface area contributed by atoms with Crippen LogP contribution >= 0.6 is 23.4 Å². The van der Waals surface area contributed by atoms with Gasteiger partial charge in [-0.15, -0.1) is 11.8 Å². The summed E-state index contributed by atoms with van der Waals surface area (Å²) in [5, 5.41) is 0.807. The van der Waals surface area contributed by atoms with Gasteiger partial charge in [-0.25, -0.2) is 0 Å². The van der Waals surface area contributed by atoms with Crippen molar-refractivity contribution in [2.75, 3.05) is 5.75 Å². The summed E-state index contributed by atoms with van der Waals surface area (Å²) in [5.74, 6) is 1.04. The number of thioether (sulfide) groups is 1. The summed E-state index contributed by atoms with van der Waals surface area (Å²) in [6, 6.07) is 6.08. The van der Waals surface area contributed by atoms with Crippen LogP contribution < -0.4 is 5.73 Å². The molecular weight excluding hydrogens is 202 g/mol. The molecule has 1 rings (SSSR count). The fraction of sp³-hybridized carbons (Fsp3) is 0.400. The Hall–Kier alpha value is -0.180. The average molecular weight is 216 g/mol. The topological polar surface area (TPSA) is 26.0 Å². The zero-order valence-electron chi connectivity index (χ0n) is 7.88. The minimum Gasteiger partial charge on any atom is -0.324 e. The highest BCUT2D eigenvalue weighted by molar-refractivity contribution is 7.99. The number of nitrogens with two attached hydrogens (primary N) is 1. The summed E-state index contributed by atoms with van der Waals surface area (Å²) in [4.78, 5) is 1.13. The first-order valence-electron chi connectivity index (χ1n) is 4.33. The lowest BCUT2D eigenvalue weighted by atomic mass is 10.1. The monoisotopic (exact) mass is 215 g/mol. The summed E-state index contributed by atoms with van der Waals surface area (Å²) in [5.41, 5.74) is 6.83. The summed E-state index contributed by atoms with van der Waals surface area (Å²) >= 11 is 7.83. The van der Waals surface area contributed by atoms with Gasteiger partial charge >= 0.3 is 0 Å². The van der Waals surface area contributed by atoms with E-state index in [1.165, 1.54) is 0 Å². The Morgan fingerprint density at radius 1 is 1.54 bits per heavy atom. The normalized spacial score (nSPS) is 12.9. The van der Waals surface area contributed by atoms with Crippen LogP contribution in [-0.2, 0) is 0 Å². The van der Waals surface area contributed by atoms with Crippen molar-refractivity contribution in [3.8, 4) is 0 Å². The zero-order valence-corrected chi connectivity index (χ0v) is 9.45. The maximum atomic E-state index is 6.08. The van der Waals surface area contributed by atoms with Crippen molar-refractivity contribution in [2.24, 2.45) is 5.73 Å². The van der Waals surface area contributed by atoms with Crippen LogP contribution in [0, 0.1) is 0 Å². The van der Waals surface area contributed by atoms with Crippen molar-refractivity contribution >= 4 is 23.4 Å². The van der Waals surface area contributed by atoms with Crippen LogP contribution in [0.1, 0.15) is 25.5 Å². The van der Waals surface area contributed by atoms with Gasteiger partial charge in [0.15, 0.2) is 0 Å². The van der Waals surface area contributed by atoms with Gasteiger partial charge in [0.05, 0.1) is 5.02 Å². The van der Waals surface area contributed by atoms with E-state index in [0.29, 0.717) is 0 Å². The van der Waals surface area contributed by atoms with Gasteiger partial charge in [-0.2, -0.15) is 0 Å². The minimum atomic E-state index is 0.0539. The van der Waals surface area contributed by atoms with Crippen molar-refractivity contribution in [1.82, 2.24) is 0 Å². The van der Waals surface area contributed by atoms with E-state index in [1.807, 2.05) is 25.1 Å². The fourth-order valence-electron chi connectivity index (χ4n) is 1.07. The highest BCUT2D eigenvalue weighted by Gasteiger charge is 2.04. The quantitative estimate of drug-likeness (QED) is 0.782. The number of halogens is 1. The highest BCUT2D eigenvalue weighted by atomic mass is 35.5. The largest absolute Gasteiger partial charge is 0.324 e. The first-order valence-corrected chi connectivity index (χ1v) is 5.69. The van der Waals surface area contributed by atoms with Gasteiger partial charge in [-0.1, -0.05) is 24.6 Å². The Morgan fingerprint density at radius 3 is 2.69 bits per heavy atom. The zero-order chi connectivity index (χ0) is 9.84. The van der Waals surface area contributed by atoms with Gasteiger partial charge < -0.3 is 5.73 Å². The number of hydrogen-bond acceptors (Lipinski definition) is 2. The molecule has 13 heavy (non-hydrogen) atoms. The van der Waals surface area contributed by atoms with E-state index in [0.717, 1.165) is 21.2 Å². The predicted octanol–water partition coefficient (Wildman–Crippen LogP) is 3.47. The first kappa shape index (κ1) is 10.9. The summed E-state index contributed by atoms with van der Waals surface area (Å²) in [6.45, 7) is 4.07. The van der Waals surface area contributed by atoms with Crippen molar-refractivity contribution in [3.05, 3.63) is 28.8 Å². The third-order valence-corrected chi connectivity index (χ3v) is 3.16. The number of hydrogen-bond donors (Lipinski definition) is 1. The Kier molecular flexibility index (Phi) is 4.10. The molecule has 0 heterocycles. The molecule has 0 fully saturated rings. The third kappa shape index (κ3) is 2.90. The van der Waals surface area contributed by atoms with Gasteiger partial charge in [0.2, 0.25) is 0 Å². The summed E-state index contributed by atoms with van der Waals surface area (Å²) in [6.07, 6.45) is 0. The molecule has 3 heteroatoms. The van der Waals surface area contributed by atoms with E-state index in [1.54, 1.807) is 11.8 Å². The van der Waals surface area contributed by atoms with Crippen molar-refractivity contribution in [3.63, 3.8) is 0 Å². The summed E-state index contributed by atoms with van der Waals surface area (Å²) < 4.78 is 0. The molecule has 2 N–H and O–H groups in total. The lowest BCUT2D eigenvalue weighted by Gasteiger charge is -2.08. The van der Waals surface area contributed by atoms with E-state index in [9.17, 15) is 0 Å². The van der Waals surface area contributed by atoms with E-state index >= 15 is 0 Å². The maximum Gasteiger partial charge on any atom is 0.0545 e. The van der Waals surface area contributed by atoms with Gasteiger partial charge in [0, 0.05) is 10.9 Å². The molecule has 1 aromatic rings. The van der Waals surface area contributed by atoms with Crippen LogP contribution in [0.25, 0.3) is 0 Å². The van der Waals surface area contributed by atoms with Gasteiger partial charge in [-0.05, 0) is 30.4 Å². The molecule has 0 saturated heterocycles. The molecule has 0 aliphatic carbocycles. The van der Waals surface area contributed by atoms with Crippen molar-refractivity contribution in [2.45, 2.75) is 24.8 Å². The second kappa shape index (κ2) is 4.89. The Morgan fingerprint density at radius 2 is 2.23 bits per heavy atom. The molecule has 0 spiro atoms. The molecule has 1 unspecified atom stereocenters. The fourth-order valence-corrected chi connectivity index (χ4v) is 2.10. The molecule has 0 amide bonds. The molecular formula is C10H14ClNS. The second-order valence-corrected chi connectivity index (χ2v) is 4.62. The van der Waals surface area contributed by atoms with E-state index in [-0.39, 0.29) is 6.04 Å². The smallest absolute Gasteiger partial charge is 0.0545 e. The molecule has 0 aromatic heterocycles. The van der Waals surface area contributed by atoms with Crippen LogP contribution in [0.2, 0.25) is 5.02 Å². The first-order chi connectivity index (χ1) is 6.15. The van der Waals surface area contributed by atoms with E-state index in [4.69, 9.17) is 17.3 Å². The van der Waals surface area contributed by atoms with Crippen LogP contribution in [0.5, 0.6) is 0 Å². The van der Waals surface area contributed by atoms with Crippen LogP contribution in [0.3, 0.4) is 0 Å². The Labute approximate surface area is 88.7 Å². The molecule has 72 valence electrons. The Bertz CT molecular complexity index is 286. The number of rotatable bonds is 3.